The molecule has 7 nitrogen and oxygen atoms in total. The third-order valence-corrected chi connectivity index (χ3v) is 4.23. The maximum absolute atomic E-state index is 12.2. The van der Waals surface area contributed by atoms with E-state index in [1.54, 1.807) is 32.4 Å². The van der Waals surface area contributed by atoms with Crippen LogP contribution in [0.25, 0.3) is 0 Å². The van der Waals surface area contributed by atoms with Gasteiger partial charge in [-0.3, -0.25) is 9.59 Å². The van der Waals surface area contributed by atoms with E-state index in [9.17, 15) is 9.59 Å². The molecule has 0 fully saturated rings. The summed E-state index contributed by atoms with van der Waals surface area (Å²) in [6.07, 6.45) is 0.0379. The summed E-state index contributed by atoms with van der Waals surface area (Å²) in [4.78, 5) is 25.8. The Hall–Kier alpha value is -3.22. The molecule has 7 heteroatoms. The van der Waals surface area contributed by atoms with Crippen molar-refractivity contribution < 1.29 is 28.5 Å². The van der Waals surface area contributed by atoms with Crippen LogP contribution in [0.4, 0.5) is 0 Å². The van der Waals surface area contributed by atoms with Gasteiger partial charge < -0.3 is 23.8 Å². The fraction of sp³-hybridized carbons (Fsp3) is 0.364. The summed E-state index contributed by atoms with van der Waals surface area (Å²) in [6, 6.07) is 12.7. The Morgan fingerprint density at radius 2 is 1.59 bits per heavy atom. The van der Waals surface area contributed by atoms with Crippen molar-refractivity contribution in [2.75, 3.05) is 34.5 Å². The van der Waals surface area contributed by atoms with Crippen LogP contribution >= 0.6 is 0 Å². The second-order valence-corrected chi connectivity index (χ2v) is 6.35. The second-order valence-electron chi connectivity index (χ2n) is 6.35. The minimum absolute atomic E-state index is 0.0379. The van der Waals surface area contributed by atoms with Crippen LogP contribution in [0.15, 0.2) is 42.5 Å². The minimum atomic E-state index is -0.486. The first-order chi connectivity index (χ1) is 14.0. The van der Waals surface area contributed by atoms with Crippen molar-refractivity contribution in [1.29, 1.82) is 0 Å². The van der Waals surface area contributed by atoms with E-state index in [0.717, 1.165) is 11.3 Å². The number of esters is 1. The highest BCUT2D eigenvalue weighted by Crippen LogP contribution is 2.27. The maximum Gasteiger partial charge on any atom is 0.310 e. The molecule has 2 aromatic carbocycles. The van der Waals surface area contributed by atoms with Gasteiger partial charge >= 0.3 is 5.97 Å². The number of hydrogen-bond donors (Lipinski definition) is 0. The Labute approximate surface area is 171 Å². The standard InChI is InChI=1S/C22H27NO6/c1-5-28-18-9-6-16(7-10-18)14-23(2)21(24)15-29-22(25)13-17-8-11-19(26-3)20(12-17)27-4/h6-12H,5,13-15H2,1-4H3. The Morgan fingerprint density at radius 1 is 0.931 bits per heavy atom. The Morgan fingerprint density at radius 3 is 2.21 bits per heavy atom. The SMILES string of the molecule is CCOc1ccc(CN(C)C(=O)COC(=O)Cc2ccc(OC)c(OC)c2)cc1. The molecular formula is C22H27NO6. The normalized spacial score (nSPS) is 10.2. The number of nitrogens with zero attached hydrogens (tertiary/aromatic N) is 1. The van der Waals surface area contributed by atoms with Gasteiger partial charge in [-0.05, 0) is 42.3 Å². The molecule has 2 rings (SSSR count). The van der Waals surface area contributed by atoms with Gasteiger partial charge in [0.05, 0.1) is 27.2 Å². The van der Waals surface area contributed by atoms with Gasteiger partial charge in [0.15, 0.2) is 18.1 Å². The number of methoxy groups -OCH3 is 2. The van der Waals surface area contributed by atoms with Crippen LogP contribution in [0.3, 0.4) is 0 Å². The van der Waals surface area contributed by atoms with Crippen molar-refractivity contribution in [3.8, 4) is 17.2 Å². The molecule has 0 atom stereocenters. The number of hydrogen-bond acceptors (Lipinski definition) is 6. The summed E-state index contributed by atoms with van der Waals surface area (Å²) in [6.45, 7) is 2.64. The van der Waals surface area contributed by atoms with Crippen LogP contribution in [-0.4, -0.2) is 51.3 Å². The first-order valence-corrected chi connectivity index (χ1v) is 9.29. The van der Waals surface area contributed by atoms with E-state index in [2.05, 4.69) is 0 Å². The quantitative estimate of drug-likeness (QED) is 0.570. The van der Waals surface area contributed by atoms with Gasteiger partial charge in [0.25, 0.3) is 5.91 Å². The predicted octanol–water partition coefficient (Wildman–Crippen LogP) is 2.85. The molecule has 0 N–H and O–H groups in total. The lowest BCUT2D eigenvalue weighted by atomic mass is 10.1. The van der Waals surface area contributed by atoms with Crippen LogP contribution < -0.4 is 14.2 Å². The molecular weight excluding hydrogens is 374 g/mol. The molecule has 29 heavy (non-hydrogen) atoms. The van der Waals surface area contributed by atoms with Gasteiger partial charge in [-0.25, -0.2) is 0 Å². The second kappa shape index (κ2) is 10.9. The number of likely N-dealkylation sites (N-methyl/N-ethyl adjacent to an activating group) is 1. The molecule has 0 saturated carbocycles. The lowest BCUT2D eigenvalue weighted by Crippen LogP contribution is -2.31. The zero-order chi connectivity index (χ0) is 21.2. The van der Waals surface area contributed by atoms with Crippen molar-refractivity contribution in [2.24, 2.45) is 0 Å². The molecule has 1 amide bonds. The van der Waals surface area contributed by atoms with E-state index in [-0.39, 0.29) is 18.9 Å². The molecule has 0 bridgehead atoms. The molecule has 0 aliphatic carbocycles. The largest absolute Gasteiger partial charge is 0.494 e. The minimum Gasteiger partial charge on any atom is -0.494 e. The number of carbonyl (C=O) groups excluding carboxylic acids is 2. The van der Waals surface area contributed by atoms with Gasteiger partial charge in [0.1, 0.15) is 5.75 Å². The summed E-state index contributed by atoms with van der Waals surface area (Å²) in [5.74, 6) is 1.13. The maximum atomic E-state index is 12.2. The molecule has 0 saturated heterocycles. The number of ether oxygens (including phenoxy) is 4. The molecule has 0 spiro atoms. The summed E-state index contributed by atoms with van der Waals surface area (Å²) in [5.41, 5.74) is 1.67. The highest BCUT2D eigenvalue weighted by molar-refractivity contribution is 5.81. The smallest absolute Gasteiger partial charge is 0.310 e. The molecule has 0 heterocycles. The molecule has 0 aliphatic heterocycles. The molecule has 0 radical (unpaired) electrons. The molecule has 0 unspecified atom stereocenters. The van der Waals surface area contributed by atoms with Crippen LogP contribution in [0.5, 0.6) is 17.2 Å². The average molecular weight is 401 g/mol. The first-order valence-electron chi connectivity index (χ1n) is 9.29. The Bertz CT molecular complexity index is 819. The van der Waals surface area contributed by atoms with Gasteiger partial charge in [-0.1, -0.05) is 18.2 Å². The molecule has 0 aromatic heterocycles. The third kappa shape index (κ3) is 6.71. The molecule has 156 valence electrons. The van der Waals surface area contributed by atoms with Crippen molar-refractivity contribution in [2.45, 2.75) is 19.9 Å². The number of amides is 1. The molecule has 0 aliphatic rings. The third-order valence-electron chi connectivity index (χ3n) is 4.23. The van der Waals surface area contributed by atoms with Gasteiger partial charge in [-0.15, -0.1) is 0 Å². The number of carbonyl (C=O) groups is 2. The summed E-state index contributed by atoms with van der Waals surface area (Å²) >= 11 is 0. The monoisotopic (exact) mass is 401 g/mol. The number of rotatable bonds is 10. The fourth-order valence-electron chi connectivity index (χ4n) is 2.68. The fourth-order valence-corrected chi connectivity index (χ4v) is 2.68. The highest BCUT2D eigenvalue weighted by atomic mass is 16.5. The van der Waals surface area contributed by atoms with Gasteiger partial charge in [0, 0.05) is 13.6 Å². The van der Waals surface area contributed by atoms with Crippen molar-refractivity contribution in [3.63, 3.8) is 0 Å². The van der Waals surface area contributed by atoms with E-state index in [1.807, 2.05) is 31.2 Å². The Balaban J connectivity index is 1.82. The average Bonchev–Trinajstić information content (AvgIpc) is 2.73. The predicted molar refractivity (Wildman–Crippen MR) is 108 cm³/mol. The van der Waals surface area contributed by atoms with Crippen LogP contribution in [0.1, 0.15) is 18.1 Å². The zero-order valence-corrected chi connectivity index (χ0v) is 17.3. The Kier molecular flexibility index (Phi) is 8.33. The van der Waals surface area contributed by atoms with Gasteiger partial charge in [-0.2, -0.15) is 0 Å². The van der Waals surface area contributed by atoms with Crippen LogP contribution in [-0.2, 0) is 27.3 Å². The zero-order valence-electron chi connectivity index (χ0n) is 17.3. The van der Waals surface area contributed by atoms with E-state index in [1.165, 1.54) is 12.0 Å². The number of benzene rings is 2. The van der Waals surface area contributed by atoms with Crippen molar-refractivity contribution in [1.82, 2.24) is 4.90 Å². The van der Waals surface area contributed by atoms with E-state index in [4.69, 9.17) is 18.9 Å². The highest BCUT2D eigenvalue weighted by Gasteiger charge is 2.14. The summed E-state index contributed by atoms with van der Waals surface area (Å²) in [5, 5.41) is 0. The van der Waals surface area contributed by atoms with Crippen LogP contribution in [0, 0.1) is 0 Å². The lowest BCUT2D eigenvalue weighted by molar-refractivity contribution is -0.151. The summed E-state index contributed by atoms with van der Waals surface area (Å²) in [7, 11) is 4.74. The van der Waals surface area contributed by atoms with Crippen LogP contribution in [0.2, 0.25) is 0 Å². The lowest BCUT2D eigenvalue weighted by Gasteiger charge is -2.17. The van der Waals surface area contributed by atoms with Crippen molar-refractivity contribution >= 4 is 11.9 Å². The topological polar surface area (TPSA) is 74.3 Å². The van der Waals surface area contributed by atoms with Crippen molar-refractivity contribution in [3.05, 3.63) is 53.6 Å². The first kappa shape index (κ1) is 22.1. The molecule has 2 aromatic rings. The van der Waals surface area contributed by atoms with E-state index >= 15 is 0 Å². The summed E-state index contributed by atoms with van der Waals surface area (Å²) < 4.78 is 20.9. The van der Waals surface area contributed by atoms with Gasteiger partial charge in [0.2, 0.25) is 0 Å². The van der Waals surface area contributed by atoms with E-state index in [0.29, 0.717) is 30.2 Å². The van der Waals surface area contributed by atoms with E-state index < -0.39 is 5.97 Å².